The average molecular weight is 229 g/mol. The summed E-state index contributed by atoms with van der Waals surface area (Å²) in [6, 6.07) is 10.7. The number of aliphatic hydroxyl groups is 1. The van der Waals surface area contributed by atoms with E-state index in [-0.39, 0.29) is 6.61 Å². The highest BCUT2D eigenvalue weighted by Crippen LogP contribution is 2.25. The first-order chi connectivity index (χ1) is 8.20. The fraction of sp³-hybridized carbons (Fsp3) is 0.333. The van der Waals surface area contributed by atoms with Gasteiger partial charge < -0.3 is 10.1 Å². The Bertz CT molecular complexity index is 470. The minimum absolute atomic E-state index is 0.236. The second-order valence-electron chi connectivity index (χ2n) is 4.62. The van der Waals surface area contributed by atoms with Crippen molar-refractivity contribution in [3.8, 4) is 11.1 Å². The smallest absolute Gasteiger partial charge is 0.0437 e. The minimum Gasteiger partial charge on any atom is -0.396 e. The molecule has 17 heavy (non-hydrogen) atoms. The van der Waals surface area contributed by atoms with E-state index >= 15 is 0 Å². The monoisotopic (exact) mass is 229 g/mol. The summed E-state index contributed by atoms with van der Waals surface area (Å²) in [5.41, 5.74) is 4.91. The van der Waals surface area contributed by atoms with E-state index < -0.39 is 0 Å². The van der Waals surface area contributed by atoms with Gasteiger partial charge in [-0.2, -0.15) is 0 Å². The molecule has 0 aliphatic rings. The van der Waals surface area contributed by atoms with E-state index in [0.717, 1.165) is 6.42 Å². The van der Waals surface area contributed by atoms with Crippen LogP contribution in [0.15, 0.2) is 36.5 Å². The van der Waals surface area contributed by atoms with Crippen LogP contribution in [0.25, 0.3) is 11.1 Å². The van der Waals surface area contributed by atoms with Gasteiger partial charge in [0.1, 0.15) is 0 Å². The Balaban J connectivity index is 2.20. The maximum absolute atomic E-state index is 8.94. The van der Waals surface area contributed by atoms with Gasteiger partial charge in [0.25, 0.3) is 0 Å². The van der Waals surface area contributed by atoms with Crippen molar-refractivity contribution < 1.29 is 5.11 Å². The van der Waals surface area contributed by atoms with Crippen LogP contribution in [0.1, 0.15) is 30.5 Å². The molecule has 0 saturated heterocycles. The molecule has 0 radical (unpaired) electrons. The summed E-state index contributed by atoms with van der Waals surface area (Å²) in [5, 5.41) is 8.94. The third-order valence-electron chi connectivity index (χ3n) is 3.18. The van der Waals surface area contributed by atoms with Crippen molar-refractivity contribution in [1.29, 1.82) is 0 Å². The summed E-state index contributed by atoms with van der Waals surface area (Å²) in [6.07, 6.45) is 2.84. The van der Waals surface area contributed by atoms with Crippen LogP contribution in [0.3, 0.4) is 0 Å². The Morgan fingerprint density at radius 3 is 2.53 bits per heavy atom. The van der Waals surface area contributed by atoms with Crippen molar-refractivity contribution in [2.24, 2.45) is 0 Å². The van der Waals surface area contributed by atoms with Crippen molar-refractivity contribution in [3.63, 3.8) is 0 Å². The highest BCUT2D eigenvalue weighted by Gasteiger charge is 2.08. The van der Waals surface area contributed by atoms with Crippen molar-refractivity contribution in [1.82, 2.24) is 4.98 Å². The van der Waals surface area contributed by atoms with E-state index in [1.807, 2.05) is 6.20 Å². The predicted molar refractivity (Wildman–Crippen MR) is 71.1 cm³/mol. The lowest BCUT2D eigenvalue weighted by molar-refractivity contribution is 0.278. The van der Waals surface area contributed by atoms with Gasteiger partial charge >= 0.3 is 0 Å². The summed E-state index contributed by atoms with van der Waals surface area (Å²) in [4.78, 5) is 3.29. The summed E-state index contributed by atoms with van der Waals surface area (Å²) < 4.78 is 0. The van der Waals surface area contributed by atoms with Crippen LogP contribution in [-0.2, 0) is 0 Å². The second kappa shape index (κ2) is 5.19. The third kappa shape index (κ3) is 2.77. The molecule has 2 N–H and O–H groups in total. The molecule has 1 aromatic heterocycles. The molecule has 0 saturated carbocycles. The number of aryl methyl sites for hydroxylation is 1. The maximum atomic E-state index is 8.94. The standard InChI is InChI=1S/C15H19NO/c1-11-3-5-13(6-4-11)14-9-15(16-10-14)12(2)7-8-17/h3-6,9-10,12,16-17H,7-8H2,1-2H3. The molecular weight excluding hydrogens is 210 g/mol. The number of aromatic amines is 1. The van der Waals surface area contributed by atoms with Crippen LogP contribution in [0.5, 0.6) is 0 Å². The molecule has 2 heteroatoms. The minimum atomic E-state index is 0.236. The molecule has 2 rings (SSSR count). The maximum Gasteiger partial charge on any atom is 0.0437 e. The summed E-state index contributed by atoms with van der Waals surface area (Å²) in [6.45, 7) is 4.46. The highest BCUT2D eigenvalue weighted by atomic mass is 16.3. The predicted octanol–water partition coefficient (Wildman–Crippen LogP) is 3.48. The first kappa shape index (κ1) is 11.9. The van der Waals surface area contributed by atoms with E-state index in [1.54, 1.807) is 0 Å². The van der Waals surface area contributed by atoms with Gasteiger partial charge in [-0.05, 0) is 36.5 Å². The van der Waals surface area contributed by atoms with Gasteiger partial charge in [-0.1, -0.05) is 36.8 Å². The number of hydrogen-bond acceptors (Lipinski definition) is 1. The number of benzene rings is 1. The number of rotatable bonds is 4. The van der Waals surface area contributed by atoms with Gasteiger partial charge in [-0.25, -0.2) is 0 Å². The first-order valence-corrected chi connectivity index (χ1v) is 6.07. The largest absolute Gasteiger partial charge is 0.396 e. The Morgan fingerprint density at radius 1 is 1.18 bits per heavy atom. The van der Waals surface area contributed by atoms with Crippen LogP contribution in [-0.4, -0.2) is 16.7 Å². The molecule has 0 bridgehead atoms. The normalized spacial score (nSPS) is 12.6. The molecule has 0 fully saturated rings. The number of H-pyrrole nitrogens is 1. The van der Waals surface area contributed by atoms with Gasteiger partial charge in [-0.3, -0.25) is 0 Å². The zero-order valence-corrected chi connectivity index (χ0v) is 10.4. The van der Waals surface area contributed by atoms with Crippen molar-refractivity contribution in [2.45, 2.75) is 26.2 Å². The lowest BCUT2D eigenvalue weighted by atomic mass is 10.0. The molecule has 0 aliphatic carbocycles. The molecule has 2 nitrogen and oxygen atoms in total. The van der Waals surface area contributed by atoms with Gasteiger partial charge in [0, 0.05) is 18.5 Å². The van der Waals surface area contributed by atoms with Gasteiger partial charge in [0.15, 0.2) is 0 Å². The molecule has 0 spiro atoms. The lowest BCUT2D eigenvalue weighted by Crippen LogP contribution is -1.96. The van der Waals surface area contributed by atoms with Crippen molar-refractivity contribution in [3.05, 3.63) is 47.8 Å². The van der Waals surface area contributed by atoms with Crippen LogP contribution in [0, 0.1) is 6.92 Å². The molecule has 1 aromatic carbocycles. The van der Waals surface area contributed by atoms with Gasteiger partial charge in [0.2, 0.25) is 0 Å². The van der Waals surface area contributed by atoms with Crippen LogP contribution < -0.4 is 0 Å². The fourth-order valence-corrected chi connectivity index (χ4v) is 1.96. The SMILES string of the molecule is Cc1ccc(-c2c[nH]c(C(C)CCO)c2)cc1. The zero-order chi connectivity index (χ0) is 12.3. The first-order valence-electron chi connectivity index (χ1n) is 6.07. The summed E-state index contributed by atoms with van der Waals surface area (Å²) >= 11 is 0. The number of hydrogen-bond donors (Lipinski definition) is 2. The fourth-order valence-electron chi connectivity index (χ4n) is 1.96. The van der Waals surface area contributed by atoms with E-state index in [2.05, 4.69) is 49.2 Å². The topological polar surface area (TPSA) is 36.0 Å². The molecular formula is C15H19NO. The molecule has 1 unspecified atom stereocenters. The Kier molecular flexibility index (Phi) is 3.64. The van der Waals surface area contributed by atoms with Crippen molar-refractivity contribution in [2.75, 3.05) is 6.61 Å². The average Bonchev–Trinajstić information content (AvgIpc) is 2.80. The second-order valence-corrected chi connectivity index (χ2v) is 4.62. The Labute approximate surface area is 102 Å². The Morgan fingerprint density at radius 2 is 1.88 bits per heavy atom. The van der Waals surface area contributed by atoms with E-state index in [4.69, 9.17) is 5.11 Å². The van der Waals surface area contributed by atoms with Crippen LogP contribution in [0.4, 0.5) is 0 Å². The Hall–Kier alpha value is -1.54. The molecule has 1 heterocycles. The molecule has 1 atom stereocenters. The third-order valence-corrected chi connectivity index (χ3v) is 3.18. The molecule has 0 amide bonds. The zero-order valence-electron chi connectivity index (χ0n) is 10.4. The van der Waals surface area contributed by atoms with Crippen molar-refractivity contribution >= 4 is 0 Å². The molecule has 90 valence electrons. The number of nitrogens with one attached hydrogen (secondary N) is 1. The quantitative estimate of drug-likeness (QED) is 0.827. The number of aromatic nitrogens is 1. The van der Waals surface area contributed by atoms with Gasteiger partial charge in [0.05, 0.1) is 0 Å². The number of aliphatic hydroxyl groups excluding tert-OH is 1. The highest BCUT2D eigenvalue weighted by molar-refractivity contribution is 5.63. The van der Waals surface area contributed by atoms with E-state index in [0.29, 0.717) is 5.92 Å². The van der Waals surface area contributed by atoms with E-state index in [1.165, 1.54) is 22.4 Å². The van der Waals surface area contributed by atoms with Gasteiger partial charge in [-0.15, -0.1) is 0 Å². The summed E-state index contributed by atoms with van der Waals surface area (Å²) in [5.74, 6) is 0.374. The summed E-state index contributed by atoms with van der Waals surface area (Å²) in [7, 11) is 0. The van der Waals surface area contributed by atoms with Crippen LogP contribution in [0.2, 0.25) is 0 Å². The molecule has 0 aliphatic heterocycles. The molecule has 2 aromatic rings. The lowest BCUT2D eigenvalue weighted by Gasteiger charge is -2.06. The van der Waals surface area contributed by atoms with E-state index in [9.17, 15) is 0 Å². The van der Waals surface area contributed by atoms with Crippen LogP contribution >= 0.6 is 0 Å².